The molecule has 0 spiro atoms. The van der Waals surface area contributed by atoms with Gasteiger partial charge in [-0.25, -0.2) is 9.37 Å². The minimum atomic E-state index is -4.55. The maximum Gasteiger partial charge on any atom is 0.421 e. The summed E-state index contributed by atoms with van der Waals surface area (Å²) in [5.41, 5.74) is -0.454. The van der Waals surface area contributed by atoms with E-state index in [4.69, 9.17) is 0 Å². The van der Waals surface area contributed by atoms with E-state index in [0.29, 0.717) is 24.6 Å². The fourth-order valence-corrected chi connectivity index (χ4v) is 4.71. The van der Waals surface area contributed by atoms with Crippen LogP contribution in [0.5, 0.6) is 0 Å². The minimum absolute atomic E-state index is 0.000926. The van der Waals surface area contributed by atoms with Gasteiger partial charge in [0, 0.05) is 39.1 Å². The first-order valence-corrected chi connectivity index (χ1v) is 11.1. The molecule has 176 valence electrons. The molecule has 4 rings (SSSR count). The zero-order valence-corrected chi connectivity index (χ0v) is 18.1. The Kier molecular flexibility index (Phi) is 6.82. The van der Waals surface area contributed by atoms with Crippen LogP contribution in [0.25, 0.3) is 0 Å². The van der Waals surface area contributed by atoms with Gasteiger partial charge in [-0.1, -0.05) is 19.3 Å². The van der Waals surface area contributed by atoms with E-state index in [1.165, 1.54) is 45.3 Å². The monoisotopic (exact) mass is 455 g/mol. The van der Waals surface area contributed by atoms with Crippen molar-refractivity contribution in [2.45, 2.75) is 56.9 Å². The highest BCUT2D eigenvalue weighted by atomic mass is 19.4. The van der Waals surface area contributed by atoms with Crippen LogP contribution in [-0.4, -0.2) is 57.5 Å². The summed E-state index contributed by atoms with van der Waals surface area (Å²) < 4.78 is 55.6. The van der Waals surface area contributed by atoms with Gasteiger partial charge in [0.2, 0.25) is 5.95 Å². The highest BCUT2D eigenvalue weighted by Gasteiger charge is 2.35. The summed E-state index contributed by atoms with van der Waals surface area (Å²) in [5.74, 6) is 0.358. The molecule has 2 aromatic heterocycles. The Labute approximate surface area is 184 Å². The maximum absolute atomic E-state index is 15.0. The Bertz CT molecular complexity index is 895. The predicted octanol–water partition coefficient (Wildman–Crippen LogP) is 4.64. The Morgan fingerprint density at radius 1 is 1.12 bits per heavy atom. The average Bonchev–Trinajstić information content (AvgIpc) is 3.21. The summed E-state index contributed by atoms with van der Waals surface area (Å²) in [5, 5.41) is 9.56. The fourth-order valence-electron chi connectivity index (χ4n) is 4.71. The lowest BCUT2D eigenvalue weighted by Crippen LogP contribution is -2.44. The van der Waals surface area contributed by atoms with Crippen LogP contribution in [0, 0.1) is 5.92 Å². The van der Waals surface area contributed by atoms with Gasteiger partial charge in [-0.3, -0.25) is 4.68 Å². The van der Waals surface area contributed by atoms with Crippen LogP contribution in [-0.2, 0) is 6.18 Å². The zero-order chi connectivity index (χ0) is 22.7. The lowest BCUT2D eigenvalue weighted by atomic mass is 9.88. The molecule has 0 aromatic carbocycles. The number of rotatable bonds is 6. The number of hydrogen-bond donors (Lipinski definition) is 2. The molecule has 3 heterocycles. The number of alkyl halides is 4. The van der Waals surface area contributed by atoms with Crippen LogP contribution < -0.4 is 10.6 Å². The molecule has 7 nitrogen and oxygen atoms in total. The van der Waals surface area contributed by atoms with Crippen LogP contribution in [0.15, 0.2) is 18.6 Å². The van der Waals surface area contributed by atoms with E-state index in [9.17, 15) is 17.6 Å². The number of aromatic nitrogens is 4. The van der Waals surface area contributed by atoms with Crippen molar-refractivity contribution in [2.75, 3.05) is 37.3 Å². The molecule has 1 saturated heterocycles. The third kappa shape index (κ3) is 5.31. The van der Waals surface area contributed by atoms with Gasteiger partial charge in [0.15, 0.2) is 0 Å². The molecule has 2 N–H and O–H groups in total. The van der Waals surface area contributed by atoms with Crippen molar-refractivity contribution in [1.29, 1.82) is 0 Å². The molecular formula is C21H29F4N7. The van der Waals surface area contributed by atoms with E-state index in [1.54, 1.807) is 10.9 Å². The quantitative estimate of drug-likeness (QED) is 0.619. The van der Waals surface area contributed by atoms with Gasteiger partial charge in [0.1, 0.15) is 17.6 Å². The van der Waals surface area contributed by atoms with Gasteiger partial charge < -0.3 is 15.5 Å². The van der Waals surface area contributed by atoms with Crippen molar-refractivity contribution in [3.8, 4) is 0 Å². The molecule has 0 amide bonds. The second-order valence-electron chi connectivity index (χ2n) is 8.67. The Hall–Kier alpha value is -2.43. The van der Waals surface area contributed by atoms with Crippen molar-refractivity contribution < 1.29 is 17.6 Å². The lowest BCUT2D eigenvalue weighted by molar-refractivity contribution is -0.137. The number of likely N-dealkylation sites (tertiary alicyclic amines) is 1. The van der Waals surface area contributed by atoms with E-state index in [1.807, 2.05) is 0 Å². The van der Waals surface area contributed by atoms with Gasteiger partial charge in [-0.15, -0.1) is 0 Å². The summed E-state index contributed by atoms with van der Waals surface area (Å²) in [7, 11) is 1.36. The Balaban J connectivity index is 1.37. The van der Waals surface area contributed by atoms with Crippen LogP contribution in [0.3, 0.4) is 0 Å². The summed E-state index contributed by atoms with van der Waals surface area (Å²) >= 11 is 0. The number of piperidine rings is 1. The average molecular weight is 456 g/mol. The first-order valence-electron chi connectivity index (χ1n) is 11.1. The largest absolute Gasteiger partial charge is 0.421 e. The van der Waals surface area contributed by atoms with Gasteiger partial charge in [-0.05, 0) is 25.2 Å². The second-order valence-corrected chi connectivity index (χ2v) is 8.67. The molecule has 2 aliphatic rings. The van der Waals surface area contributed by atoms with Crippen molar-refractivity contribution in [2.24, 2.45) is 5.92 Å². The van der Waals surface area contributed by atoms with Crippen LogP contribution in [0.1, 0.15) is 50.1 Å². The summed E-state index contributed by atoms with van der Waals surface area (Å²) in [4.78, 5) is 9.87. The molecule has 1 aliphatic heterocycles. The number of nitrogens with one attached hydrogen (secondary N) is 2. The van der Waals surface area contributed by atoms with Crippen molar-refractivity contribution in [3.63, 3.8) is 0 Å². The molecule has 2 atom stereocenters. The smallest absolute Gasteiger partial charge is 0.372 e. The van der Waals surface area contributed by atoms with E-state index in [2.05, 4.69) is 30.6 Å². The molecule has 0 bridgehead atoms. The van der Waals surface area contributed by atoms with Crippen molar-refractivity contribution >= 4 is 17.5 Å². The minimum Gasteiger partial charge on any atom is -0.372 e. The van der Waals surface area contributed by atoms with E-state index in [0.717, 1.165) is 19.3 Å². The Morgan fingerprint density at radius 2 is 1.91 bits per heavy atom. The summed E-state index contributed by atoms with van der Waals surface area (Å²) in [6, 6.07) is -0.366. The summed E-state index contributed by atoms with van der Waals surface area (Å²) in [6.07, 6.45) is 5.31. The zero-order valence-electron chi connectivity index (χ0n) is 18.1. The fraction of sp³-hybridized carbons (Fsp3) is 0.667. The topological polar surface area (TPSA) is 70.9 Å². The number of halogens is 4. The van der Waals surface area contributed by atoms with Crippen molar-refractivity contribution in [1.82, 2.24) is 24.6 Å². The van der Waals surface area contributed by atoms with E-state index in [-0.39, 0.29) is 17.8 Å². The van der Waals surface area contributed by atoms with E-state index >= 15 is 0 Å². The molecule has 1 saturated carbocycles. The third-order valence-corrected chi connectivity index (χ3v) is 6.36. The van der Waals surface area contributed by atoms with Crippen molar-refractivity contribution in [3.05, 3.63) is 24.2 Å². The molecule has 1 aliphatic carbocycles. The SMILES string of the molecule is CNc1nc(Nc2cnn([C@@H]3CCN(CC4CCCCC4)C[C@H]3F)c2)ncc1C(F)(F)F. The van der Waals surface area contributed by atoms with Gasteiger partial charge in [-0.2, -0.15) is 23.3 Å². The Morgan fingerprint density at radius 3 is 2.59 bits per heavy atom. The first kappa shape index (κ1) is 22.8. The number of nitrogens with zero attached hydrogens (tertiary/aromatic N) is 5. The number of anilines is 3. The molecule has 2 fully saturated rings. The normalized spacial score (nSPS) is 23.3. The molecule has 11 heteroatoms. The van der Waals surface area contributed by atoms with Crippen LogP contribution in [0.4, 0.5) is 35.0 Å². The van der Waals surface area contributed by atoms with Gasteiger partial charge in [0.05, 0.1) is 17.9 Å². The molecule has 2 aromatic rings. The molecule has 32 heavy (non-hydrogen) atoms. The third-order valence-electron chi connectivity index (χ3n) is 6.36. The first-order chi connectivity index (χ1) is 15.3. The van der Waals surface area contributed by atoms with Crippen LogP contribution in [0.2, 0.25) is 0 Å². The van der Waals surface area contributed by atoms with Gasteiger partial charge >= 0.3 is 6.18 Å². The second kappa shape index (κ2) is 9.60. The van der Waals surface area contributed by atoms with E-state index < -0.39 is 17.9 Å². The predicted molar refractivity (Wildman–Crippen MR) is 114 cm³/mol. The summed E-state index contributed by atoms with van der Waals surface area (Å²) in [6.45, 7) is 2.20. The maximum atomic E-state index is 15.0. The lowest BCUT2D eigenvalue weighted by Gasteiger charge is -2.37. The molecule has 0 radical (unpaired) electrons. The molecule has 0 unspecified atom stereocenters. The molecular weight excluding hydrogens is 426 g/mol. The standard InChI is InChI=1S/C21H29F4N7/c1-26-19-16(21(23,24)25)10-27-20(30-19)29-15-9-28-32(12-15)18-7-8-31(13-17(18)22)11-14-5-3-2-4-6-14/h9-10,12,14,17-18H,2-8,11,13H2,1H3,(H2,26,27,29,30)/t17-,18-/m1/s1. The van der Waals surface area contributed by atoms with Gasteiger partial charge in [0.25, 0.3) is 0 Å². The highest BCUT2D eigenvalue weighted by molar-refractivity contribution is 5.55. The highest BCUT2D eigenvalue weighted by Crippen LogP contribution is 2.34. The number of hydrogen-bond acceptors (Lipinski definition) is 6. The van der Waals surface area contributed by atoms with Crippen LogP contribution >= 0.6 is 0 Å².